The van der Waals surface area contributed by atoms with Crippen LogP contribution < -0.4 is 14.8 Å². The van der Waals surface area contributed by atoms with Crippen molar-refractivity contribution in [3.05, 3.63) is 53.5 Å². The summed E-state index contributed by atoms with van der Waals surface area (Å²) in [6.07, 6.45) is 2.92. The Morgan fingerprint density at radius 3 is 2.88 bits per heavy atom. The highest BCUT2D eigenvalue weighted by molar-refractivity contribution is 5.94. The van der Waals surface area contributed by atoms with E-state index in [1.165, 1.54) is 0 Å². The molecule has 164 valence electrons. The molecule has 1 aliphatic heterocycles. The van der Waals surface area contributed by atoms with Crippen molar-refractivity contribution in [3.63, 3.8) is 0 Å². The van der Waals surface area contributed by atoms with Crippen molar-refractivity contribution >= 4 is 17.4 Å². The second-order valence-corrected chi connectivity index (χ2v) is 7.60. The van der Waals surface area contributed by atoms with Crippen LogP contribution in [0.4, 0.5) is 5.82 Å². The first kappa shape index (κ1) is 20.0. The number of para-hydroxylation sites is 1. The number of fused-ring (bicyclic) bond motifs is 2. The van der Waals surface area contributed by atoms with Crippen LogP contribution in [0.2, 0.25) is 0 Å². The third-order valence-electron chi connectivity index (χ3n) is 5.50. The second-order valence-electron chi connectivity index (χ2n) is 7.60. The molecule has 0 aliphatic carbocycles. The molecule has 4 aromatic rings. The predicted octanol–water partition coefficient (Wildman–Crippen LogP) is 2.89. The summed E-state index contributed by atoms with van der Waals surface area (Å²) in [5.41, 5.74) is 2.43. The van der Waals surface area contributed by atoms with Gasteiger partial charge < -0.3 is 14.8 Å². The fourth-order valence-electron chi connectivity index (χ4n) is 4.00. The zero-order valence-corrected chi connectivity index (χ0v) is 18.1. The largest absolute Gasteiger partial charge is 0.493 e. The monoisotopic (exact) mass is 433 g/mol. The predicted molar refractivity (Wildman–Crippen MR) is 117 cm³/mol. The maximum absolute atomic E-state index is 12.7. The molecule has 0 spiro atoms. The second kappa shape index (κ2) is 7.95. The summed E-state index contributed by atoms with van der Waals surface area (Å²) in [7, 11) is 1.61. The van der Waals surface area contributed by atoms with E-state index >= 15 is 0 Å². The molecule has 1 aliphatic rings. The Morgan fingerprint density at radius 2 is 2.06 bits per heavy atom. The van der Waals surface area contributed by atoms with Gasteiger partial charge in [0.1, 0.15) is 5.82 Å². The van der Waals surface area contributed by atoms with Gasteiger partial charge in [0.2, 0.25) is 5.91 Å². The van der Waals surface area contributed by atoms with Crippen molar-refractivity contribution in [1.82, 2.24) is 29.6 Å². The summed E-state index contributed by atoms with van der Waals surface area (Å²) < 4.78 is 14.9. The average Bonchev–Trinajstić information content (AvgIpc) is 3.40. The van der Waals surface area contributed by atoms with Crippen molar-refractivity contribution in [2.45, 2.75) is 32.6 Å². The first-order valence-electron chi connectivity index (χ1n) is 10.5. The van der Waals surface area contributed by atoms with E-state index in [-0.39, 0.29) is 18.2 Å². The fraction of sp³-hybridized carbons (Fsp3) is 0.318. The van der Waals surface area contributed by atoms with Gasteiger partial charge in [0, 0.05) is 23.5 Å². The van der Waals surface area contributed by atoms with Crippen LogP contribution in [0.25, 0.3) is 11.5 Å². The molecule has 4 heterocycles. The Morgan fingerprint density at radius 1 is 1.19 bits per heavy atom. The number of nitrogens with one attached hydrogen (secondary N) is 1. The molecule has 32 heavy (non-hydrogen) atoms. The van der Waals surface area contributed by atoms with Crippen molar-refractivity contribution in [2.75, 3.05) is 19.0 Å². The summed E-state index contributed by atoms with van der Waals surface area (Å²) in [5.74, 6) is 2.79. The first-order chi connectivity index (χ1) is 15.6. The third kappa shape index (κ3) is 3.24. The highest BCUT2D eigenvalue weighted by Gasteiger charge is 2.33. The van der Waals surface area contributed by atoms with E-state index in [9.17, 15) is 4.79 Å². The van der Waals surface area contributed by atoms with Gasteiger partial charge in [0.15, 0.2) is 28.8 Å². The van der Waals surface area contributed by atoms with Crippen LogP contribution in [-0.2, 0) is 4.79 Å². The quantitative estimate of drug-likeness (QED) is 0.498. The van der Waals surface area contributed by atoms with Gasteiger partial charge >= 0.3 is 0 Å². The van der Waals surface area contributed by atoms with E-state index in [1.54, 1.807) is 28.6 Å². The van der Waals surface area contributed by atoms with E-state index < -0.39 is 0 Å². The van der Waals surface area contributed by atoms with E-state index in [4.69, 9.17) is 9.47 Å². The number of carbonyl (C=O) groups is 1. The lowest BCUT2D eigenvalue weighted by atomic mass is 9.86. The number of carbonyl (C=O) groups excluding carboxylic acids is 1. The average molecular weight is 433 g/mol. The number of aromatic nitrogens is 6. The number of hydrogen-bond acceptors (Lipinski definition) is 7. The zero-order chi connectivity index (χ0) is 22.2. The minimum absolute atomic E-state index is 0.102. The van der Waals surface area contributed by atoms with Crippen LogP contribution in [0, 0.1) is 6.92 Å². The highest BCUT2D eigenvalue weighted by atomic mass is 16.5. The van der Waals surface area contributed by atoms with Gasteiger partial charge in [0.05, 0.1) is 19.9 Å². The molecule has 0 unspecified atom stereocenters. The highest BCUT2D eigenvalue weighted by Crippen LogP contribution is 2.44. The van der Waals surface area contributed by atoms with Gasteiger partial charge in [-0.3, -0.25) is 4.79 Å². The van der Waals surface area contributed by atoms with Gasteiger partial charge in [0.25, 0.3) is 0 Å². The number of ether oxygens (including phenoxy) is 2. The topological polar surface area (TPSA) is 108 Å². The summed E-state index contributed by atoms with van der Waals surface area (Å²) in [6.45, 7) is 4.43. The zero-order valence-electron chi connectivity index (χ0n) is 18.1. The Hall–Kier alpha value is -3.95. The lowest BCUT2D eigenvalue weighted by molar-refractivity contribution is -0.116. The minimum atomic E-state index is -0.227. The molecule has 0 radical (unpaired) electrons. The molecule has 0 saturated heterocycles. The maximum Gasteiger partial charge on any atom is 0.226 e. The van der Waals surface area contributed by atoms with Crippen LogP contribution >= 0.6 is 0 Å². The number of benzene rings is 1. The van der Waals surface area contributed by atoms with Crippen LogP contribution in [0.5, 0.6) is 11.5 Å². The molecule has 3 aromatic heterocycles. The molecule has 1 aromatic carbocycles. The van der Waals surface area contributed by atoms with Gasteiger partial charge in [-0.05, 0) is 31.5 Å². The van der Waals surface area contributed by atoms with Crippen molar-refractivity contribution in [1.29, 1.82) is 0 Å². The molecule has 10 nitrogen and oxygen atoms in total. The van der Waals surface area contributed by atoms with Crippen molar-refractivity contribution in [3.8, 4) is 17.3 Å². The smallest absolute Gasteiger partial charge is 0.226 e. The Labute approximate surface area is 184 Å². The molecular weight excluding hydrogens is 410 g/mol. The van der Waals surface area contributed by atoms with E-state index in [2.05, 4.69) is 25.7 Å². The molecule has 0 bridgehead atoms. The number of anilines is 1. The van der Waals surface area contributed by atoms with E-state index in [0.29, 0.717) is 41.2 Å². The summed E-state index contributed by atoms with van der Waals surface area (Å²) in [6, 6.07) is 9.37. The molecule has 1 amide bonds. The lowest BCUT2D eigenvalue weighted by Crippen LogP contribution is -2.25. The molecule has 1 N–H and O–H groups in total. The standard InChI is InChI=1S/C22H23N7O3/c1-4-10-32-21-14(6-5-7-17(21)31-3)15-11-20(30)24-22-16(15)12-23-29(22)19-9-8-18-26-25-13(2)28(18)27-19/h5-9,12,15H,4,10-11H2,1-3H3,(H,24,30)/t15-/m0/s1. The first-order valence-corrected chi connectivity index (χ1v) is 10.5. The van der Waals surface area contributed by atoms with Crippen LogP contribution in [-0.4, -0.2) is 49.2 Å². The maximum atomic E-state index is 12.7. The van der Waals surface area contributed by atoms with Crippen LogP contribution in [0.15, 0.2) is 36.5 Å². The summed E-state index contributed by atoms with van der Waals surface area (Å²) >= 11 is 0. The number of aryl methyl sites for hydroxylation is 1. The molecule has 10 heteroatoms. The van der Waals surface area contributed by atoms with E-state index in [1.807, 2.05) is 38.1 Å². The molecule has 1 atom stereocenters. The summed E-state index contributed by atoms with van der Waals surface area (Å²) in [4.78, 5) is 12.7. The van der Waals surface area contributed by atoms with Gasteiger partial charge in [-0.2, -0.15) is 14.3 Å². The number of amides is 1. The fourth-order valence-corrected chi connectivity index (χ4v) is 4.00. The number of hydrogen-bond donors (Lipinski definition) is 1. The Kier molecular flexibility index (Phi) is 4.96. The van der Waals surface area contributed by atoms with E-state index in [0.717, 1.165) is 17.5 Å². The summed E-state index contributed by atoms with van der Waals surface area (Å²) in [5, 5.41) is 20.2. The Balaban J connectivity index is 1.62. The molecule has 0 saturated carbocycles. The normalized spacial score (nSPS) is 15.5. The van der Waals surface area contributed by atoms with Gasteiger partial charge in [-0.1, -0.05) is 19.1 Å². The lowest BCUT2D eigenvalue weighted by Gasteiger charge is -2.26. The van der Waals surface area contributed by atoms with Crippen molar-refractivity contribution in [2.24, 2.45) is 0 Å². The van der Waals surface area contributed by atoms with Crippen LogP contribution in [0.3, 0.4) is 0 Å². The third-order valence-corrected chi connectivity index (χ3v) is 5.50. The minimum Gasteiger partial charge on any atom is -0.493 e. The number of methoxy groups -OCH3 is 1. The van der Waals surface area contributed by atoms with Gasteiger partial charge in [-0.15, -0.1) is 15.3 Å². The molecule has 0 fully saturated rings. The molecule has 5 rings (SSSR count). The number of nitrogens with zero attached hydrogens (tertiary/aromatic N) is 6. The molecular formula is C22H23N7O3. The Bertz CT molecular complexity index is 1310. The number of rotatable bonds is 6. The SMILES string of the molecule is CCCOc1c(OC)cccc1[C@@H]1CC(=O)Nc2c1cnn2-c1ccc2nnc(C)n2n1. The van der Waals surface area contributed by atoms with Crippen molar-refractivity contribution < 1.29 is 14.3 Å². The van der Waals surface area contributed by atoms with Crippen LogP contribution in [0.1, 0.15) is 42.6 Å². The van der Waals surface area contributed by atoms with Gasteiger partial charge in [-0.25, -0.2) is 0 Å².